The van der Waals surface area contributed by atoms with Crippen molar-refractivity contribution >= 4 is 0 Å². The highest BCUT2D eigenvalue weighted by molar-refractivity contribution is 5.20. The molecule has 1 N–H and O–H groups in total. The Morgan fingerprint density at radius 2 is 2.10 bits per heavy atom. The molecule has 1 aromatic rings. The standard InChI is InChI=1S/C18H28N2O/c1-15-14-20(11-10-17-9-5-6-12-21-17)18(13-19-15)16-7-3-2-4-8-16/h2-4,7-8,15,17-19H,5-6,9-14H2,1H3. The van der Waals surface area contributed by atoms with E-state index in [2.05, 4.69) is 47.5 Å². The van der Waals surface area contributed by atoms with Crippen molar-refractivity contribution in [3.05, 3.63) is 35.9 Å². The fraction of sp³-hybridized carbons (Fsp3) is 0.667. The summed E-state index contributed by atoms with van der Waals surface area (Å²) in [5, 5.41) is 3.63. The SMILES string of the molecule is CC1CN(CCC2CCCCO2)C(c2ccccc2)CN1. The van der Waals surface area contributed by atoms with Crippen LogP contribution in [0.3, 0.4) is 0 Å². The van der Waals surface area contributed by atoms with Crippen molar-refractivity contribution in [3.63, 3.8) is 0 Å². The third-order valence-electron chi connectivity index (χ3n) is 4.81. The van der Waals surface area contributed by atoms with Crippen LogP contribution in [0.25, 0.3) is 0 Å². The highest BCUT2D eigenvalue weighted by Gasteiger charge is 2.27. The van der Waals surface area contributed by atoms with Crippen molar-refractivity contribution in [1.82, 2.24) is 10.2 Å². The molecule has 2 heterocycles. The molecule has 0 saturated carbocycles. The summed E-state index contributed by atoms with van der Waals surface area (Å²) in [4.78, 5) is 2.65. The van der Waals surface area contributed by atoms with Crippen LogP contribution >= 0.6 is 0 Å². The average molecular weight is 288 g/mol. The lowest BCUT2D eigenvalue weighted by Gasteiger charge is -2.40. The summed E-state index contributed by atoms with van der Waals surface area (Å²) in [6.45, 7) is 6.58. The van der Waals surface area contributed by atoms with Gasteiger partial charge in [0.05, 0.1) is 6.10 Å². The molecule has 2 saturated heterocycles. The zero-order chi connectivity index (χ0) is 14.5. The molecule has 0 bridgehead atoms. The topological polar surface area (TPSA) is 24.5 Å². The third-order valence-corrected chi connectivity index (χ3v) is 4.81. The maximum Gasteiger partial charge on any atom is 0.0587 e. The summed E-state index contributed by atoms with van der Waals surface area (Å²) in [6.07, 6.45) is 5.49. The molecule has 3 rings (SSSR count). The van der Waals surface area contributed by atoms with Gasteiger partial charge in [0.15, 0.2) is 0 Å². The van der Waals surface area contributed by atoms with Crippen LogP contribution in [0.2, 0.25) is 0 Å². The summed E-state index contributed by atoms with van der Waals surface area (Å²) in [5.41, 5.74) is 1.43. The highest BCUT2D eigenvalue weighted by Crippen LogP contribution is 2.25. The molecule has 3 atom stereocenters. The van der Waals surface area contributed by atoms with Crippen molar-refractivity contribution in [1.29, 1.82) is 0 Å². The first-order valence-corrected chi connectivity index (χ1v) is 8.47. The second-order valence-corrected chi connectivity index (χ2v) is 6.51. The molecule has 1 aromatic carbocycles. The third kappa shape index (κ3) is 4.06. The molecule has 0 radical (unpaired) electrons. The molecule has 3 nitrogen and oxygen atoms in total. The second-order valence-electron chi connectivity index (χ2n) is 6.51. The first-order chi connectivity index (χ1) is 10.3. The Morgan fingerprint density at radius 1 is 1.24 bits per heavy atom. The molecule has 2 fully saturated rings. The molecular formula is C18H28N2O. The lowest BCUT2D eigenvalue weighted by atomic mass is 10.00. The Bertz CT molecular complexity index is 416. The van der Waals surface area contributed by atoms with E-state index in [0.717, 1.165) is 26.2 Å². The minimum absolute atomic E-state index is 0.486. The van der Waals surface area contributed by atoms with Gasteiger partial charge in [-0.15, -0.1) is 0 Å². The van der Waals surface area contributed by atoms with Crippen molar-refractivity contribution < 1.29 is 4.74 Å². The summed E-state index contributed by atoms with van der Waals surface area (Å²) in [5.74, 6) is 0. The lowest BCUT2D eigenvalue weighted by molar-refractivity contribution is -0.0000274. The molecule has 116 valence electrons. The second kappa shape index (κ2) is 7.39. The Balaban J connectivity index is 1.61. The normalized spacial score (nSPS) is 31.2. The van der Waals surface area contributed by atoms with Gasteiger partial charge in [-0.3, -0.25) is 4.90 Å². The van der Waals surface area contributed by atoms with Gasteiger partial charge < -0.3 is 10.1 Å². The Morgan fingerprint density at radius 3 is 2.86 bits per heavy atom. The van der Waals surface area contributed by atoms with Crippen LogP contribution in [0.4, 0.5) is 0 Å². The van der Waals surface area contributed by atoms with Gasteiger partial charge in [-0.25, -0.2) is 0 Å². The minimum Gasteiger partial charge on any atom is -0.378 e. The van der Waals surface area contributed by atoms with Crippen molar-refractivity contribution in [2.45, 2.75) is 50.8 Å². The van der Waals surface area contributed by atoms with Crippen LogP contribution in [0.5, 0.6) is 0 Å². The predicted molar refractivity (Wildman–Crippen MR) is 86.4 cm³/mol. The van der Waals surface area contributed by atoms with E-state index in [-0.39, 0.29) is 0 Å². The number of nitrogens with one attached hydrogen (secondary N) is 1. The Hall–Kier alpha value is -0.900. The molecule has 3 unspecified atom stereocenters. The quantitative estimate of drug-likeness (QED) is 0.922. The Kier molecular flexibility index (Phi) is 5.28. The summed E-state index contributed by atoms with van der Waals surface area (Å²) in [7, 11) is 0. The monoisotopic (exact) mass is 288 g/mol. The van der Waals surface area contributed by atoms with Gasteiger partial charge in [-0.2, -0.15) is 0 Å². The van der Waals surface area contributed by atoms with E-state index < -0.39 is 0 Å². The van der Waals surface area contributed by atoms with E-state index in [1.54, 1.807) is 0 Å². The van der Waals surface area contributed by atoms with Crippen molar-refractivity contribution in [2.24, 2.45) is 0 Å². The van der Waals surface area contributed by atoms with Gasteiger partial charge in [-0.05, 0) is 38.2 Å². The largest absolute Gasteiger partial charge is 0.378 e. The van der Waals surface area contributed by atoms with Gasteiger partial charge in [0.2, 0.25) is 0 Å². The van der Waals surface area contributed by atoms with Crippen molar-refractivity contribution in [3.8, 4) is 0 Å². The predicted octanol–water partition coefficient (Wildman–Crippen LogP) is 2.98. The van der Waals surface area contributed by atoms with E-state index in [0.29, 0.717) is 18.2 Å². The molecule has 3 heteroatoms. The van der Waals surface area contributed by atoms with Crippen LogP contribution in [-0.4, -0.2) is 43.3 Å². The van der Waals surface area contributed by atoms with Gasteiger partial charge >= 0.3 is 0 Å². The number of rotatable bonds is 4. The highest BCUT2D eigenvalue weighted by atomic mass is 16.5. The zero-order valence-electron chi connectivity index (χ0n) is 13.1. The molecule has 2 aliphatic heterocycles. The summed E-state index contributed by atoms with van der Waals surface area (Å²) >= 11 is 0. The number of piperazine rings is 1. The van der Waals surface area contributed by atoms with Crippen LogP contribution in [0, 0.1) is 0 Å². The van der Waals surface area contributed by atoms with E-state index in [1.165, 1.54) is 31.2 Å². The molecule has 0 spiro atoms. The molecule has 0 aliphatic carbocycles. The maximum atomic E-state index is 5.89. The smallest absolute Gasteiger partial charge is 0.0587 e. The lowest BCUT2D eigenvalue weighted by Crippen LogP contribution is -2.51. The number of hydrogen-bond donors (Lipinski definition) is 1. The molecule has 0 aromatic heterocycles. The van der Waals surface area contributed by atoms with Crippen LogP contribution in [0.15, 0.2) is 30.3 Å². The zero-order valence-corrected chi connectivity index (χ0v) is 13.1. The van der Waals surface area contributed by atoms with E-state index in [4.69, 9.17) is 4.74 Å². The molecular weight excluding hydrogens is 260 g/mol. The van der Waals surface area contributed by atoms with E-state index in [9.17, 15) is 0 Å². The van der Waals surface area contributed by atoms with Crippen LogP contribution < -0.4 is 5.32 Å². The van der Waals surface area contributed by atoms with Gasteiger partial charge in [0.1, 0.15) is 0 Å². The minimum atomic E-state index is 0.486. The molecule has 21 heavy (non-hydrogen) atoms. The van der Waals surface area contributed by atoms with Gasteiger partial charge in [0.25, 0.3) is 0 Å². The fourth-order valence-electron chi connectivity index (χ4n) is 3.58. The van der Waals surface area contributed by atoms with Crippen molar-refractivity contribution in [2.75, 3.05) is 26.2 Å². The van der Waals surface area contributed by atoms with Gasteiger partial charge in [0, 0.05) is 38.3 Å². The maximum absolute atomic E-state index is 5.89. The van der Waals surface area contributed by atoms with Crippen LogP contribution in [-0.2, 0) is 4.74 Å². The van der Waals surface area contributed by atoms with E-state index >= 15 is 0 Å². The molecule has 0 amide bonds. The summed E-state index contributed by atoms with van der Waals surface area (Å²) in [6, 6.07) is 12.0. The van der Waals surface area contributed by atoms with Gasteiger partial charge in [-0.1, -0.05) is 30.3 Å². The number of hydrogen-bond acceptors (Lipinski definition) is 3. The fourth-order valence-corrected chi connectivity index (χ4v) is 3.58. The average Bonchev–Trinajstić information content (AvgIpc) is 2.55. The number of nitrogens with zero attached hydrogens (tertiary/aromatic N) is 1. The number of ether oxygens (including phenoxy) is 1. The Labute approximate surface area is 128 Å². The van der Waals surface area contributed by atoms with Crippen LogP contribution in [0.1, 0.15) is 44.2 Å². The summed E-state index contributed by atoms with van der Waals surface area (Å²) < 4.78 is 5.89. The molecule has 2 aliphatic rings. The number of benzene rings is 1. The first kappa shape index (κ1) is 15.0. The first-order valence-electron chi connectivity index (χ1n) is 8.47. The van der Waals surface area contributed by atoms with E-state index in [1.807, 2.05) is 0 Å².